The minimum Gasteiger partial charge on any atom is -0.455 e. The second kappa shape index (κ2) is 6.53. The molecule has 0 saturated heterocycles. The third-order valence-electron chi connectivity index (χ3n) is 5.77. The van der Waals surface area contributed by atoms with Crippen molar-refractivity contribution >= 4 is 32.7 Å². The first-order valence-electron chi connectivity index (χ1n) is 10.0. The molecule has 3 nitrogen and oxygen atoms in total. The number of benzene rings is 3. The fraction of sp³-hybridized carbons (Fsp3) is 0.0370. The van der Waals surface area contributed by atoms with Crippen molar-refractivity contribution in [1.82, 2.24) is 9.97 Å². The molecule has 0 unspecified atom stereocenters. The van der Waals surface area contributed by atoms with Crippen molar-refractivity contribution in [3.63, 3.8) is 0 Å². The maximum Gasteiger partial charge on any atom is 0.144 e. The molecule has 3 aromatic heterocycles. The molecule has 0 aliphatic rings. The molecule has 6 rings (SSSR count). The van der Waals surface area contributed by atoms with E-state index < -0.39 is 0 Å². The summed E-state index contributed by atoms with van der Waals surface area (Å²) in [6, 6.07) is 24.9. The summed E-state index contributed by atoms with van der Waals surface area (Å²) >= 11 is 0. The molecule has 0 amide bonds. The van der Waals surface area contributed by atoms with E-state index in [4.69, 9.17) is 4.42 Å². The predicted molar refractivity (Wildman–Crippen MR) is 122 cm³/mol. The van der Waals surface area contributed by atoms with Gasteiger partial charge in [-0.05, 0) is 47.7 Å². The number of pyridine rings is 2. The summed E-state index contributed by atoms with van der Waals surface area (Å²) in [6.07, 6.45) is 5.59. The third-order valence-corrected chi connectivity index (χ3v) is 5.77. The number of aryl methyl sites for hydroxylation is 1. The molecule has 0 spiro atoms. The SMILES string of the molecule is Cc1ccc2ccncc2c1-c1cccc2c1oc1c(-c3ccccn3)cccc12. The fourth-order valence-corrected chi connectivity index (χ4v) is 4.37. The Morgan fingerprint density at radius 2 is 1.47 bits per heavy atom. The first-order chi connectivity index (χ1) is 14.8. The Morgan fingerprint density at radius 3 is 2.27 bits per heavy atom. The van der Waals surface area contributed by atoms with Crippen molar-refractivity contribution in [1.29, 1.82) is 0 Å². The Kier molecular flexibility index (Phi) is 3.68. The normalized spacial score (nSPS) is 11.5. The van der Waals surface area contributed by atoms with Crippen molar-refractivity contribution in [2.75, 3.05) is 0 Å². The van der Waals surface area contributed by atoms with Gasteiger partial charge in [0.25, 0.3) is 0 Å². The first kappa shape index (κ1) is 16.9. The van der Waals surface area contributed by atoms with Gasteiger partial charge in [0.15, 0.2) is 0 Å². The average Bonchev–Trinajstić information content (AvgIpc) is 3.19. The third kappa shape index (κ3) is 2.45. The van der Waals surface area contributed by atoms with Crippen molar-refractivity contribution in [2.45, 2.75) is 6.92 Å². The summed E-state index contributed by atoms with van der Waals surface area (Å²) in [5.41, 5.74) is 7.15. The average molecular weight is 386 g/mol. The van der Waals surface area contributed by atoms with Crippen LogP contribution in [0.5, 0.6) is 0 Å². The first-order valence-corrected chi connectivity index (χ1v) is 10.0. The number of hydrogen-bond acceptors (Lipinski definition) is 3. The van der Waals surface area contributed by atoms with E-state index >= 15 is 0 Å². The van der Waals surface area contributed by atoms with E-state index in [2.05, 4.69) is 71.5 Å². The lowest BCUT2D eigenvalue weighted by Crippen LogP contribution is -1.87. The highest BCUT2D eigenvalue weighted by atomic mass is 16.3. The minimum absolute atomic E-state index is 0.870. The van der Waals surface area contributed by atoms with Gasteiger partial charge in [-0.15, -0.1) is 0 Å². The van der Waals surface area contributed by atoms with Crippen LogP contribution in [0.1, 0.15) is 5.56 Å². The zero-order valence-corrected chi connectivity index (χ0v) is 16.5. The summed E-state index contributed by atoms with van der Waals surface area (Å²) in [6.45, 7) is 2.14. The molecule has 0 radical (unpaired) electrons. The van der Waals surface area contributed by atoms with Gasteiger partial charge >= 0.3 is 0 Å². The van der Waals surface area contributed by atoms with Crippen molar-refractivity contribution in [3.8, 4) is 22.4 Å². The lowest BCUT2D eigenvalue weighted by atomic mass is 9.94. The monoisotopic (exact) mass is 386 g/mol. The number of para-hydroxylation sites is 2. The van der Waals surface area contributed by atoms with Crippen molar-refractivity contribution < 1.29 is 4.42 Å². The minimum atomic E-state index is 0.870. The second-order valence-corrected chi connectivity index (χ2v) is 7.54. The molecule has 0 aliphatic carbocycles. The van der Waals surface area contributed by atoms with Crippen LogP contribution in [0.2, 0.25) is 0 Å². The summed E-state index contributed by atoms with van der Waals surface area (Å²) in [4.78, 5) is 8.91. The standard InChI is InChI=1S/C27H18N2O/c1-17-11-12-18-13-15-28-16-23(18)25(17)22-9-5-7-20-19-6-4-8-21(26(19)30-27(20)22)24-10-2-3-14-29-24/h2-16H,1H3. The summed E-state index contributed by atoms with van der Waals surface area (Å²) in [7, 11) is 0. The van der Waals surface area contributed by atoms with Gasteiger partial charge in [-0.1, -0.05) is 48.5 Å². The van der Waals surface area contributed by atoms with Crippen molar-refractivity contribution in [3.05, 3.63) is 97.0 Å². The van der Waals surface area contributed by atoms with Gasteiger partial charge in [0.1, 0.15) is 11.2 Å². The molecule has 0 aliphatic heterocycles. The van der Waals surface area contributed by atoms with Gasteiger partial charge in [-0.3, -0.25) is 9.97 Å². The Hall–Kier alpha value is -3.98. The maximum absolute atomic E-state index is 6.57. The van der Waals surface area contributed by atoms with Crippen LogP contribution in [0, 0.1) is 6.92 Å². The summed E-state index contributed by atoms with van der Waals surface area (Å²) in [5.74, 6) is 0. The van der Waals surface area contributed by atoms with Crippen LogP contribution in [0.4, 0.5) is 0 Å². The molecule has 142 valence electrons. The molecule has 0 N–H and O–H groups in total. The Balaban J connectivity index is 1.72. The van der Waals surface area contributed by atoms with Gasteiger partial charge in [0, 0.05) is 45.9 Å². The van der Waals surface area contributed by atoms with Crippen LogP contribution in [0.3, 0.4) is 0 Å². The number of rotatable bonds is 2. The summed E-state index contributed by atoms with van der Waals surface area (Å²) < 4.78 is 6.57. The Bertz CT molecular complexity index is 1550. The van der Waals surface area contributed by atoms with Crippen LogP contribution in [-0.2, 0) is 0 Å². The van der Waals surface area contributed by atoms with E-state index in [-0.39, 0.29) is 0 Å². The van der Waals surface area contributed by atoms with Gasteiger partial charge < -0.3 is 4.42 Å². The Labute approximate surface area is 173 Å². The zero-order valence-electron chi connectivity index (χ0n) is 16.5. The predicted octanol–water partition coefficient (Wildman–Crippen LogP) is 7.17. The van der Waals surface area contributed by atoms with E-state index in [9.17, 15) is 0 Å². The van der Waals surface area contributed by atoms with E-state index in [1.54, 1.807) is 0 Å². The van der Waals surface area contributed by atoms with Gasteiger partial charge in [0.2, 0.25) is 0 Å². The van der Waals surface area contributed by atoms with E-state index in [1.807, 2.05) is 36.8 Å². The lowest BCUT2D eigenvalue weighted by Gasteiger charge is -2.10. The highest BCUT2D eigenvalue weighted by Gasteiger charge is 2.18. The lowest BCUT2D eigenvalue weighted by molar-refractivity contribution is 0.671. The molecule has 3 heterocycles. The molecule has 0 atom stereocenters. The van der Waals surface area contributed by atoms with Crippen LogP contribution >= 0.6 is 0 Å². The highest BCUT2D eigenvalue weighted by molar-refractivity contribution is 6.14. The van der Waals surface area contributed by atoms with Crippen LogP contribution in [0.15, 0.2) is 95.8 Å². The van der Waals surface area contributed by atoms with Gasteiger partial charge in [0.05, 0.1) is 5.69 Å². The number of nitrogens with zero attached hydrogens (tertiary/aromatic N) is 2. The molecule has 30 heavy (non-hydrogen) atoms. The molecule has 6 aromatic rings. The number of hydrogen-bond donors (Lipinski definition) is 0. The number of furan rings is 1. The zero-order chi connectivity index (χ0) is 20.1. The highest BCUT2D eigenvalue weighted by Crippen LogP contribution is 2.41. The molecule has 0 fully saturated rings. The van der Waals surface area contributed by atoms with Gasteiger partial charge in [-0.2, -0.15) is 0 Å². The maximum atomic E-state index is 6.57. The van der Waals surface area contributed by atoms with Gasteiger partial charge in [-0.25, -0.2) is 0 Å². The molecule has 3 aromatic carbocycles. The fourth-order valence-electron chi connectivity index (χ4n) is 4.37. The van der Waals surface area contributed by atoms with Crippen LogP contribution in [-0.4, -0.2) is 9.97 Å². The molecule has 3 heteroatoms. The molecular weight excluding hydrogens is 368 g/mol. The molecule has 0 bridgehead atoms. The molecular formula is C27H18N2O. The number of aromatic nitrogens is 2. The van der Waals surface area contributed by atoms with E-state index in [0.29, 0.717) is 0 Å². The topological polar surface area (TPSA) is 38.9 Å². The second-order valence-electron chi connectivity index (χ2n) is 7.54. The quantitative estimate of drug-likeness (QED) is 0.317. The molecule has 0 saturated carbocycles. The van der Waals surface area contributed by atoms with E-state index in [0.717, 1.165) is 44.1 Å². The van der Waals surface area contributed by atoms with Crippen LogP contribution in [0.25, 0.3) is 55.1 Å². The summed E-state index contributed by atoms with van der Waals surface area (Å²) in [5, 5.41) is 4.52. The Morgan fingerprint density at radius 1 is 0.667 bits per heavy atom. The van der Waals surface area contributed by atoms with Crippen LogP contribution < -0.4 is 0 Å². The van der Waals surface area contributed by atoms with E-state index in [1.165, 1.54) is 16.5 Å². The largest absolute Gasteiger partial charge is 0.455 e. The van der Waals surface area contributed by atoms with Crippen molar-refractivity contribution in [2.24, 2.45) is 0 Å². The smallest absolute Gasteiger partial charge is 0.144 e. The number of fused-ring (bicyclic) bond motifs is 4.